The van der Waals surface area contributed by atoms with Gasteiger partial charge in [0.2, 0.25) is 0 Å². The molecular formula is C11H8ClNO2. The van der Waals surface area contributed by atoms with Gasteiger partial charge in [0.25, 0.3) is 5.91 Å². The second kappa shape index (κ2) is 3.79. The van der Waals surface area contributed by atoms with Crippen LogP contribution >= 0.6 is 11.6 Å². The van der Waals surface area contributed by atoms with E-state index in [0.29, 0.717) is 10.6 Å². The van der Waals surface area contributed by atoms with E-state index < -0.39 is 5.91 Å². The highest BCUT2D eigenvalue weighted by atomic mass is 35.5. The van der Waals surface area contributed by atoms with Crippen LogP contribution in [0, 0.1) is 0 Å². The van der Waals surface area contributed by atoms with Crippen LogP contribution < -0.4 is 5.73 Å². The minimum Gasteiger partial charge on any atom is -0.459 e. The molecule has 1 heterocycles. The van der Waals surface area contributed by atoms with Gasteiger partial charge in [-0.15, -0.1) is 0 Å². The Morgan fingerprint density at radius 2 is 2.13 bits per heavy atom. The average molecular weight is 222 g/mol. The van der Waals surface area contributed by atoms with Crippen LogP contribution in [0.5, 0.6) is 0 Å². The van der Waals surface area contributed by atoms with Crippen molar-refractivity contribution in [1.82, 2.24) is 0 Å². The Bertz CT molecular complexity index is 505. The summed E-state index contributed by atoms with van der Waals surface area (Å²) in [7, 11) is 0. The Kier molecular flexibility index (Phi) is 2.47. The van der Waals surface area contributed by atoms with Gasteiger partial charge in [0.15, 0.2) is 5.76 Å². The Balaban J connectivity index is 2.54. The van der Waals surface area contributed by atoms with Crippen molar-refractivity contribution < 1.29 is 9.21 Å². The fourth-order valence-corrected chi connectivity index (χ4v) is 1.57. The predicted octanol–water partition coefficient (Wildman–Crippen LogP) is 2.70. The summed E-state index contributed by atoms with van der Waals surface area (Å²) in [6.45, 7) is 0. The third kappa shape index (κ3) is 1.87. The summed E-state index contributed by atoms with van der Waals surface area (Å²) >= 11 is 5.85. The number of rotatable bonds is 2. The van der Waals surface area contributed by atoms with Crippen LogP contribution in [0.2, 0.25) is 5.02 Å². The molecule has 0 saturated heterocycles. The maximum atomic E-state index is 11.0. The molecule has 1 aromatic heterocycles. The van der Waals surface area contributed by atoms with Gasteiger partial charge >= 0.3 is 0 Å². The summed E-state index contributed by atoms with van der Waals surface area (Å²) < 4.78 is 5.00. The van der Waals surface area contributed by atoms with E-state index >= 15 is 0 Å². The Labute approximate surface area is 91.5 Å². The van der Waals surface area contributed by atoms with Gasteiger partial charge in [0.05, 0.1) is 6.26 Å². The maximum Gasteiger partial charge on any atom is 0.285 e. The number of benzene rings is 1. The predicted molar refractivity (Wildman–Crippen MR) is 57.7 cm³/mol. The Hall–Kier alpha value is -1.74. The van der Waals surface area contributed by atoms with E-state index in [4.69, 9.17) is 21.8 Å². The van der Waals surface area contributed by atoms with Gasteiger partial charge in [0, 0.05) is 10.6 Å². The normalized spacial score (nSPS) is 10.2. The van der Waals surface area contributed by atoms with Crippen molar-refractivity contribution in [3.05, 3.63) is 47.4 Å². The first-order valence-electron chi connectivity index (χ1n) is 4.31. The summed E-state index contributed by atoms with van der Waals surface area (Å²) in [5.74, 6) is -0.438. The standard InChI is InChI=1S/C11H8ClNO2/c12-8-3-1-2-7(6-8)9-4-5-15-10(9)11(13)14/h1-6H,(H2,13,14). The minimum absolute atomic E-state index is 0.150. The molecule has 0 aliphatic carbocycles. The molecule has 0 aliphatic heterocycles. The largest absolute Gasteiger partial charge is 0.459 e. The topological polar surface area (TPSA) is 56.2 Å². The van der Waals surface area contributed by atoms with Crippen molar-refractivity contribution in [2.24, 2.45) is 5.73 Å². The van der Waals surface area contributed by atoms with Crippen LogP contribution in [0.25, 0.3) is 11.1 Å². The zero-order valence-corrected chi connectivity index (χ0v) is 8.49. The lowest BCUT2D eigenvalue weighted by atomic mass is 10.1. The first-order chi connectivity index (χ1) is 7.18. The number of carbonyl (C=O) groups is 1. The van der Waals surface area contributed by atoms with E-state index in [-0.39, 0.29) is 5.76 Å². The molecule has 4 heteroatoms. The molecule has 15 heavy (non-hydrogen) atoms. The molecule has 0 saturated carbocycles. The Morgan fingerprint density at radius 3 is 2.80 bits per heavy atom. The lowest BCUT2D eigenvalue weighted by Crippen LogP contribution is -2.10. The molecule has 1 aromatic carbocycles. The zero-order chi connectivity index (χ0) is 10.8. The second-order valence-electron chi connectivity index (χ2n) is 3.04. The third-order valence-corrected chi connectivity index (χ3v) is 2.26. The zero-order valence-electron chi connectivity index (χ0n) is 7.74. The number of amides is 1. The van der Waals surface area contributed by atoms with E-state index in [1.165, 1.54) is 6.26 Å². The van der Waals surface area contributed by atoms with Crippen molar-refractivity contribution >= 4 is 17.5 Å². The smallest absolute Gasteiger partial charge is 0.285 e. The first kappa shape index (κ1) is 9.80. The molecule has 2 N–H and O–H groups in total. The van der Waals surface area contributed by atoms with Gasteiger partial charge in [0.1, 0.15) is 0 Å². The molecule has 0 aliphatic rings. The second-order valence-corrected chi connectivity index (χ2v) is 3.47. The fourth-order valence-electron chi connectivity index (χ4n) is 1.38. The van der Waals surface area contributed by atoms with Crippen LogP contribution in [-0.4, -0.2) is 5.91 Å². The molecule has 0 bridgehead atoms. The van der Waals surface area contributed by atoms with Gasteiger partial charge in [-0.2, -0.15) is 0 Å². The number of halogens is 1. The molecule has 76 valence electrons. The molecule has 1 amide bonds. The van der Waals surface area contributed by atoms with Gasteiger partial charge in [-0.25, -0.2) is 0 Å². The van der Waals surface area contributed by atoms with Crippen molar-refractivity contribution in [1.29, 1.82) is 0 Å². The van der Waals surface area contributed by atoms with Crippen LogP contribution in [0.3, 0.4) is 0 Å². The van der Waals surface area contributed by atoms with Crippen molar-refractivity contribution in [3.8, 4) is 11.1 Å². The van der Waals surface area contributed by atoms with Gasteiger partial charge in [-0.05, 0) is 23.8 Å². The lowest BCUT2D eigenvalue weighted by Gasteiger charge is -2.00. The van der Waals surface area contributed by atoms with Crippen LogP contribution in [-0.2, 0) is 0 Å². The molecule has 0 fully saturated rings. The van der Waals surface area contributed by atoms with E-state index in [1.807, 2.05) is 6.07 Å². The van der Waals surface area contributed by atoms with Gasteiger partial charge in [-0.1, -0.05) is 23.7 Å². The van der Waals surface area contributed by atoms with Gasteiger partial charge in [-0.3, -0.25) is 4.79 Å². The van der Waals surface area contributed by atoms with Gasteiger partial charge < -0.3 is 10.2 Å². The molecule has 0 atom stereocenters. The van der Waals surface area contributed by atoms with Crippen molar-refractivity contribution in [3.63, 3.8) is 0 Å². The lowest BCUT2D eigenvalue weighted by molar-refractivity contribution is 0.0975. The summed E-state index contributed by atoms with van der Waals surface area (Å²) in [6.07, 6.45) is 1.43. The molecule has 3 nitrogen and oxygen atoms in total. The fraction of sp³-hybridized carbons (Fsp3) is 0. The molecule has 2 aromatic rings. The number of carbonyl (C=O) groups excluding carboxylic acids is 1. The minimum atomic E-state index is -0.588. The molecule has 0 spiro atoms. The van der Waals surface area contributed by atoms with E-state index in [0.717, 1.165) is 5.56 Å². The number of hydrogen-bond acceptors (Lipinski definition) is 2. The highest BCUT2D eigenvalue weighted by Gasteiger charge is 2.13. The first-order valence-corrected chi connectivity index (χ1v) is 4.69. The maximum absolute atomic E-state index is 11.0. The van der Waals surface area contributed by atoms with E-state index in [2.05, 4.69) is 0 Å². The van der Waals surface area contributed by atoms with Crippen LogP contribution in [0.15, 0.2) is 41.0 Å². The molecule has 0 radical (unpaired) electrons. The average Bonchev–Trinajstić information content (AvgIpc) is 2.65. The molecule has 2 rings (SSSR count). The van der Waals surface area contributed by atoms with E-state index in [1.54, 1.807) is 24.3 Å². The third-order valence-electron chi connectivity index (χ3n) is 2.02. The highest BCUT2D eigenvalue weighted by molar-refractivity contribution is 6.30. The van der Waals surface area contributed by atoms with E-state index in [9.17, 15) is 4.79 Å². The molecule has 0 unspecified atom stereocenters. The summed E-state index contributed by atoms with van der Waals surface area (Å²) in [5, 5.41) is 0.601. The molecular weight excluding hydrogens is 214 g/mol. The van der Waals surface area contributed by atoms with Crippen LogP contribution in [0.1, 0.15) is 10.6 Å². The van der Waals surface area contributed by atoms with Crippen molar-refractivity contribution in [2.45, 2.75) is 0 Å². The van der Waals surface area contributed by atoms with Crippen LogP contribution in [0.4, 0.5) is 0 Å². The quantitative estimate of drug-likeness (QED) is 0.848. The van der Waals surface area contributed by atoms with Crippen molar-refractivity contribution in [2.75, 3.05) is 0 Å². The number of primary amides is 1. The number of furan rings is 1. The SMILES string of the molecule is NC(=O)c1occc1-c1cccc(Cl)c1. The highest BCUT2D eigenvalue weighted by Crippen LogP contribution is 2.26. The summed E-state index contributed by atoms with van der Waals surface area (Å²) in [6, 6.07) is 8.83. The number of nitrogens with two attached hydrogens (primary N) is 1. The Morgan fingerprint density at radius 1 is 1.33 bits per heavy atom. The monoisotopic (exact) mass is 221 g/mol. The summed E-state index contributed by atoms with van der Waals surface area (Å²) in [5.41, 5.74) is 6.64. The number of hydrogen-bond donors (Lipinski definition) is 1. The summed E-state index contributed by atoms with van der Waals surface area (Å²) in [4.78, 5) is 11.0.